The summed E-state index contributed by atoms with van der Waals surface area (Å²) in [6, 6.07) is 16.6. The van der Waals surface area contributed by atoms with Gasteiger partial charge in [-0.15, -0.1) is 0 Å². The third kappa shape index (κ3) is 3.57. The van der Waals surface area contributed by atoms with Gasteiger partial charge in [0.25, 0.3) is 0 Å². The Morgan fingerprint density at radius 2 is 1.91 bits per heavy atom. The molecule has 0 aliphatic rings. The third-order valence-electron chi connectivity index (χ3n) is 3.87. The zero-order valence-corrected chi connectivity index (χ0v) is 13.3. The molecule has 1 atom stereocenters. The predicted octanol–water partition coefficient (Wildman–Crippen LogP) is 3.13. The van der Waals surface area contributed by atoms with E-state index in [1.807, 2.05) is 30.3 Å². The van der Waals surface area contributed by atoms with Gasteiger partial charge >= 0.3 is 0 Å². The van der Waals surface area contributed by atoms with Crippen molar-refractivity contribution in [2.45, 2.75) is 19.5 Å². The fourth-order valence-electron chi connectivity index (χ4n) is 2.49. The highest BCUT2D eigenvalue weighted by molar-refractivity contribution is 5.35. The van der Waals surface area contributed by atoms with E-state index in [1.165, 1.54) is 11.9 Å². The molecule has 0 amide bonds. The molecule has 1 aromatic heterocycles. The Morgan fingerprint density at radius 1 is 1.13 bits per heavy atom. The normalized spacial score (nSPS) is 12.1. The lowest BCUT2D eigenvalue weighted by atomic mass is 10.1. The summed E-state index contributed by atoms with van der Waals surface area (Å²) in [7, 11) is 1.70. The maximum atomic E-state index is 5.38. The average molecular weight is 308 g/mol. The summed E-state index contributed by atoms with van der Waals surface area (Å²) in [6.45, 7) is 2.91. The quantitative estimate of drug-likeness (QED) is 0.760. The molecule has 0 bridgehead atoms. The van der Waals surface area contributed by atoms with Crippen molar-refractivity contribution in [1.82, 2.24) is 20.1 Å². The van der Waals surface area contributed by atoms with E-state index in [1.54, 1.807) is 18.1 Å². The highest BCUT2D eigenvalue weighted by Gasteiger charge is 2.07. The molecule has 5 nitrogen and oxygen atoms in total. The Morgan fingerprint density at radius 3 is 2.61 bits per heavy atom. The number of aromatic nitrogens is 3. The molecular formula is C18H20N4O. The van der Waals surface area contributed by atoms with E-state index in [2.05, 4.69) is 40.5 Å². The minimum Gasteiger partial charge on any atom is -0.496 e. The molecule has 0 saturated carbocycles. The van der Waals surface area contributed by atoms with Gasteiger partial charge < -0.3 is 10.1 Å². The Labute approximate surface area is 135 Å². The van der Waals surface area contributed by atoms with Crippen LogP contribution in [0, 0.1) is 0 Å². The monoisotopic (exact) mass is 308 g/mol. The molecule has 1 N–H and O–H groups in total. The minimum atomic E-state index is 0.240. The zero-order valence-electron chi connectivity index (χ0n) is 13.3. The SMILES string of the molecule is COc1ccccc1CNC(C)c1ccc(-n2cncn2)cc1. The molecular weight excluding hydrogens is 288 g/mol. The number of methoxy groups -OCH3 is 1. The van der Waals surface area contributed by atoms with Crippen LogP contribution in [0.15, 0.2) is 61.2 Å². The van der Waals surface area contributed by atoms with Gasteiger partial charge in [-0.2, -0.15) is 5.10 Å². The summed E-state index contributed by atoms with van der Waals surface area (Å²) < 4.78 is 7.13. The standard InChI is InChI=1S/C18H20N4O/c1-14(20-11-16-5-3-4-6-18(16)23-2)15-7-9-17(10-8-15)22-13-19-12-21-22/h3-10,12-14,20H,11H2,1-2H3. The number of benzene rings is 2. The van der Waals surface area contributed by atoms with E-state index in [0.29, 0.717) is 0 Å². The van der Waals surface area contributed by atoms with Gasteiger partial charge in [0.2, 0.25) is 0 Å². The predicted molar refractivity (Wildman–Crippen MR) is 89.6 cm³/mol. The molecule has 0 saturated heterocycles. The van der Waals surface area contributed by atoms with Gasteiger partial charge in [-0.1, -0.05) is 30.3 Å². The van der Waals surface area contributed by atoms with Gasteiger partial charge in [0.05, 0.1) is 12.8 Å². The van der Waals surface area contributed by atoms with Crippen molar-refractivity contribution >= 4 is 0 Å². The summed E-state index contributed by atoms with van der Waals surface area (Å²) in [5.74, 6) is 0.911. The zero-order chi connectivity index (χ0) is 16.1. The van der Waals surface area contributed by atoms with Gasteiger partial charge in [-0.05, 0) is 30.7 Å². The number of ether oxygens (including phenoxy) is 1. The average Bonchev–Trinajstić information content (AvgIpc) is 3.14. The fourth-order valence-corrected chi connectivity index (χ4v) is 2.49. The molecule has 0 aliphatic carbocycles. The maximum Gasteiger partial charge on any atom is 0.138 e. The van der Waals surface area contributed by atoms with Gasteiger partial charge in [-0.3, -0.25) is 0 Å². The summed E-state index contributed by atoms with van der Waals surface area (Å²) in [5.41, 5.74) is 3.38. The van der Waals surface area contributed by atoms with E-state index >= 15 is 0 Å². The Hall–Kier alpha value is -2.66. The topological polar surface area (TPSA) is 52.0 Å². The van der Waals surface area contributed by atoms with Crippen LogP contribution in [-0.2, 0) is 6.54 Å². The lowest BCUT2D eigenvalue weighted by Gasteiger charge is -2.16. The molecule has 23 heavy (non-hydrogen) atoms. The Bertz CT molecular complexity index is 738. The smallest absolute Gasteiger partial charge is 0.138 e. The molecule has 5 heteroatoms. The van der Waals surface area contributed by atoms with E-state index in [4.69, 9.17) is 4.74 Å². The van der Waals surface area contributed by atoms with E-state index < -0.39 is 0 Å². The van der Waals surface area contributed by atoms with Gasteiger partial charge in [0, 0.05) is 18.2 Å². The second-order valence-corrected chi connectivity index (χ2v) is 5.35. The van der Waals surface area contributed by atoms with Crippen LogP contribution in [0.4, 0.5) is 0 Å². The van der Waals surface area contributed by atoms with Gasteiger partial charge in [0.1, 0.15) is 18.4 Å². The summed E-state index contributed by atoms with van der Waals surface area (Å²) >= 11 is 0. The number of hydrogen-bond acceptors (Lipinski definition) is 4. The van der Waals surface area contributed by atoms with Crippen LogP contribution < -0.4 is 10.1 Å². The maximum absolute atomic E-state index is 5.38. The fraction of sp³-hybridized carbons (Fsp3) is 0.222. The van der Waals surface area contributed by atoms with Crippen LogP contribution in [0.3, 0.4) is 0 Å². The molecule has 0 fully saturated rings. The number of rotatable bonds is 6. The second kappa shape index (κ2) is 7.07. The van der Waals surface area contributed by atoms with E-state index in [-0.39, 0.29) is 6.04 Å². The molecule has 0 radical (unpaired) electrons. The molecule has 0 aliphatic heterocycles. The Kier molecular flexibility index (Phi) is 4.68. The van der Waals surface area contributed by atoms with Crippen molar-refractivity contribution in [1.29, 1.82) is 0 Å². The molecule has 0 spiro atoms. The number of para-hydroxylation sites is 1. The van der Waals surface area contributed by atoms with E-state index in [0.717, 1.165) is 23.5 Å². The largest absolute Gasteiger partial charge is 0.496 e. The van der Waals surface area contributed by atoms with Crippen molar-refractivity contribution in [3.05, 3.63) is 72.3 Å². The van der Waals surface area contributed by atoms with Crippen molar-refractivity contribution < 1.29 is 4.74 Å². The third-order valence-corrected chi connectivity index (χ3v) is 3.87. The first-order valence-corrected chi connectivity index (χ1v) is 7.58. The summed E-state index contributed by atoms with van der Waals surface area (Å²) in [6.07, 6.45) is 3.23. The lowest BCUT2D eigenvalue weighted by Crippen LogP contribution is -2.18. The Balaban J connectivity index is 1.65. The summed E-state index contributed by atoms with van der Waals surface area (Å²) in [4.78, 5) is 3.96. The first kappa shape index (κ1) is 15.2. The summed E-state index contributed by atoms with van der Waals surface area (Å²) in [5, 5.41) is 7.66. The van der Waals surface area contributed by atoms with Crippen molar-refractivity contribution in [2.75, 3.05) is 7.11 Å². The minimum absolute atomic E-state index is 0.240. The number of hydrogen-bond donors (Lipinski definition) is 1. The van der Waals surface area contributed by atoms with Crippen LogP contribution in [0.25, 0.3) is 5.69 Å². The van der Waals surface area contributed by atoms with Crippen LogP contribution in [0.1, 0.15) is 24.1 Å². The molecule has 2 aromatic carbocycles. The van der Waals surface area contributed by atoms with Crippen molar-refractivity contribution in [3.8, 4) is 11.4 Å². The first-order chi connectivity index (χ1) is 11.3. The van der Waals surface area contributed by atoms with Crippen LogP contribution >= 0.6 is 0 Å². The first-order valence-electron chi connectivity index (χ1n) is 7.58. The number of nitrogens with one attached hydrogen (secondary N) is 1. The molecule has 1 heterocycles. The van der Waals surface area contributed by atoms with Gasteiger partial charge in [-0.25, -0.2) is 9.67 Å². The highest BCUT2D eigenvalue weighted by atomic mass is 16.5. The lowest BCUT2D eigenvalue weighted by molar-refractivity contribution is 0.406. The number of nitrogens with zero attached hydrogens (tertiary/aromatic N) is 3. The van der Waals surface area contributed by atoms with Crippen molar-refractivity contribution in [2.24, 2.45) is 0 Å². The second-order valence-electron chi connectivity index (χ2n) is 5.35. The molecule has 118 valence electrons. The van der Waals surface area contributed by atoms with Crippen LogP contribution in [0.5, 0.6) is 5.75 Å². The van der Waals surface area contributed by atoms with Crippen LogP contribution in [-0.4, -0.2) is 21.9 Å². The van der Waals surface area contributed by atoms with Gasteiger partial charge in [0.15, 0.2) is 0 Å². The molecule has 1 unspecified atom stereocenters. The molecule has 3 rings (SSSR count). The highest BCUT2D eigenvalue weighted by Crippen LogP contribution is 2.20. The van der Waals surface area contributed by atoms with E-state index in [9.17, 15) is 0 Å². The molecule has 3 aromatic rings. The van der Waals surface area contributed by atoms with Crippen molar-refractivity contribution in [3.63, 3.8) is 0 Å². The van der Waals surface area contributed by atoms with Crippen LogP contribution in [0.2, 0.25) is 0 Å².